The summed E-state index contributed by atoms with van der Waals surface area (Å²) in [7, 11) is 0. The van der Waals surface area contributed by atoms with Gasteiger partial charge in [-0.3, -0.25) is 4.99 Å². The fourth-order valence-electron chi connectivity index (χ4n) is 1.28. The Hall–Kier alpha value is -1.10. The van der Waals surface area contributed by atoms with E-state index in [-0.39, 0.29) is 12.6 Å². The number of hydrogen-bond donors (Lipinski definition) is 2. The predicted octanol–water partition coefficient (Wildman–Crippen LogP) is 0.333. The molecule has 1 aliphatic rings. The van der Waals surface area contributed by atoms with Crippen molar-refractivity contribution in [3.63, 3.8) is 0 Å². The van der Waals surface area contributed by atoms with Gasteiger partial charge in [-0.2, -0.15) is 0 Å². The summed E-state index contributed by atoms with van der Waals surface area (Å²) in [6, 6.07) is -0.345. The lowest BCUT2D eigenvalue weighted by Gasteiger charge is -2.23. The Bertz CT molecular complexity index is 252. The van der Waals surface area contributed by atoms with Crippen LogP contribution in [0.25, 0.3) is 0 Å². The van der Waals surface area contributed by atoms with Gasteiger partial charge in [0, 0.05) is 12.8 Å². The Morgan fingerprint density at radius 2 is 2.36 bits per heavy atom. The van der Waals surface area contributed by atoms with Crippen LogP contribution in [0.15, 0.2) is 16.9 Å². The molecule has 1 rings (SSSR count). The standard InChI is InChI=1S/C9H16FN3O/c1-6(8(12)4-11)13-9-2-3-14-5-7(9)10/h4,7,9H,2-3,5,11-12H2,1H3. The van der Waals surface area contributed by atoms with Crippen LogP contribution < -0.4 is 11.5 Å². The van der Waals surface area contributed by atoms with Gasteiger partial charge in [0.25, 0.3) is 0 Å². The number of aliphatic imine (C=N–C) groups is 1. The molecule has 0 saturated carbocycles. The van der Waals surface area contributed by atoms with Gasteiger partial charge in [-0.05, 0) is 13.3 Å². The molecule has 0 spiro atoms. The highest BCUT2D eigenvalue weighted by Gasteiger charge is 2.24. The number of halogens is 1. The smallest absolute Gasteiger partial charge is 0.146 e. The van der Waals surface area contributed by atoms with Crippen molar-refractivity contribution in [3.8, 4) is 0 Å². The first-order valence-electron chi connectivity index (χ1n) is 4.59. The minimum absolute atomic E-state index is 0.119. The van der Waals surface area contributed by atoms with E-state index in [0.717, 1.165) is 0 Å². The van der Waals surface area contributed by atoms with Crippen LogP contribution in [0.4, 0.5) is 4.39 Å². The van der Waals surface area contributed by atoms with Gasteiger partial charge < -0.3 is 16.2 Å². The Morgan fingerprint density at radius 1 is 1.64 bits per heavy atom. The molecule has 14 heavy (non-hydrogen) atoms. The summed E-state index contributed by atoms with van der Waals surface area (Å²) in [5.41, 5.74) is 11.7. The van der Waals surface area contributed by atoms with Crippen LogP contribution in [-0.2, 0) is 4.74 Å². The third-order valence-corrected chi connectivity index (χ3v) is 2.21. The minimum Gasteiger partial charge on any atom is -0.403 e. The number of hydrogen-bond acceptors (Lipinski definition) is 4. The van der Waals surface area contributed by atoms with E-state index < -0.39 is 6.17 Å². The second-order valence-electron chi connectivity index (χ2n) is 3.28. The summed E-state index contributed by atoms with van der Waals surface area (Å²) in [5, 5.41) is 0. The molecule has 2 unspecified atom stereocenters. The van der Waals surface area contributed by atoms with E-state index in [4.69, 9.17) is 16.2 Å². The number of alkyl halides is 1. The zero-order valence-electron chi connectivity index (χ0n) is 8.24. The third-order valence-electron chi connectivity index (χ3n) is 2.21. The van der Waals surface area contributed by atoms with Gasteiger partial charge >= 0.3 is 0 Å². The molecule has 1 aliphatic heterocycles. The molecule has 2 atom stereocenters. The molecule has 1 heterocycles. The maximum Gasteiger partial charge on any atom is 0.146 e. The first-order valence-corrected chi connectivity index (χ1v) is 4.59. The number of rotatable bonds is 2. The molecule has 1 fully saturated rings. The van der Waals surface area contributed by atoms with E-state index in [1.165, 1.54) is 6.20 Å². The van der Waals surface area contributed by atoms with Gasteiger partial charge in [-0.15, -0.1) is 0 Å². The van der Waals surface area contributed by atoms with Gasteiger partial charge in [-0.25, -0.2) is 4.39 Å². The van der Waals surface area contributed by atoms with E-state index in [9.17, 15) is 4.39 Å². The summed E-state index contributed by atoms with van der Waals surface area (Å²) in [6.07, 6.45) is 0.825. The quantitative estimate of drug-likeness (QED) is 0.632. The van der Waals surface area contributed by atoms with Crippen molar-refractivity contribution in [2.75, 3.05) is 13.2 Å². The van der Waals surface area contributed by atoms with Crippen LogP contribution in [0.5, 0.6) is 0 Å². The molecule has 0 amide bonds. The van der Waals surface area contributed by atoms with Crippen LogP contribution in [0.1, 0.15) is 13.3 Å². The lowest BCUT2D eigenvalue weighted by atomic mass is 10.1. The molecule has 0 radical (unpaired) electrons. The predicted molar refractivity (Wildman–Crippen MR) is 53.7 cm³/mol. The second kappa shape index (κ2) is 4.95. The molecule has 0 aliphatic carbocycles. The number of nitrogens with zero attached hydrogens (tertiary/aromatic N) is 1. The topological polar surface area (TPSA) is 73.6 Å². The van der Waals surface area contributed by atoms with Crippen molar-refractivity contribution in [2.45, 2.75) is 25.6 Å². The highest BCUT2D eigenvalue weighted by atomic mass is 19.1. The fraction of sp³-hybridized carbons (Fsp3) is 0.667. The van der Waals surface area contributed by atoms with Gasteiger partial charge in [-0.1, -0.05) is 0 Å². The zero-order chi connectivity index (χ0) is 10.6. The number of nitrogens with two attached hydrogens (primary N) is 2. The molecule has 1 saturated heterocycles. The Labute approximate surface area is 82.8 Å². The van der Waals surface area contributed by atoms with Gasteiger partial charge in [0.1, 0.15) is 6.17 Å². The number of allylic oxidation sites excluding steroid dienone is 1. The van der Waals surface area contributed by atoms with Crippen LogP contribution in [-0.4, -0.2) is 31.1 Å². The van der Waals surface area contributed by atoms with Crippen molar-refractivity contribution >= 4 is 5.71 Å². The summed E-state index contributed by atoms with van der Waals surface area (Å²) >= 11 is 0. The van der Waals surface area contributed by atoms with E-state index in [0.29, 0.717) is 24.4 Å². The van der Waals surface area contributed by atoms with Gasteiger partial charge in [0.2, 0.25) is 0 Å². The van der Waals surface area contributed by atoms with E-state index in [1.54, 1.807) is 6.92 Å². The summed E-state index contributed by atoms with van der Waals surface area (Å²) in [6.45, 7) is 2.39. The molecule has 0 aromatic rings. The van der Waals surface area contributed by atoms with Crippen molar-refractivity contribution in [2.24, 2.45) is 16.5 Å². The van der Waals surface area contributed by atoms with E-state index in [1.807, 2.05) is 0 Å². The lowest BCUT2D eigenvalue weighted by molar-refractivity contribution is 0.0244. The molecule has 4 N–H and O–H groups in total. The Morgan fingerprint density at radius 3 is 2.93 bits per heavy atom. The summed E-state index contributed by atoms with van der Waals surface area (Å²) in [5.74, 6) is 0. The maximum absolute atomic E-state index is 13.3. The van der Waals surface area contributed by atoms with Crippen molar-refractivity contribution in [1.82, 2.24) is 0 Å². The van der Waals surface area contributed by atoms with Crippen molar-refractivity contribution < 1.29 is 9.13 Å². The second-order valence-corrected chi connectivity index (χ2v) is 3.28. The molecular weight excluding hydrogens is 185 g/mol. The normalized spacial score (nSPS) is 30.4. The monoisotopic (exact) mass is 201 g/mol. The van der Waals surface area contributed by atoms with Crippen LogP contribution in [0.3, 0.4) is 0 Å². The lowest BCUT2D eigenvalue weighted by Crippen LogP contribution is -2.33. The fourth-order valence-corrected chi connectivity index (χ4v) is 1.28. The van der Waals surface area contributed by atoms with Crippen LogP contribution in [0.2, 0.25) is 0 Å². The van der Waals surface area contributed by atoms with Gasteiger partial charge in [0.05, 0.1) is 24.1 Å². The molecule has 80 valence electrons. The average molecular weight is 201 g/mol. The van der Waals surface area contributed by atoms with E-state index in [2.05, 4.69) is 4.99 Å². The Kier molecular flexibility index (Phi) is 3.88. The van der Waals surface area contributed by atoms with Gasteiger partial charge in [0.15, 0.2) is 0 Å². The third kappa shape index (κ3) is 2.70. The minimum atomic E-state index is -1.04. The Balaban J connectivity index is 2.64. The molecule has 5 heteroatoms. The maximum atomic E-state index is 13.3. The summed E-state index contributed by atoms with van der Waals surface area (Å²) < 4.78 is 18.2. The SMILES string of the molecule is CC(=NC1CCOCC1F)C(N)=CN. The number of ether oxygens (including phenoxy) is 1. The molecule has 0 aromatic heterocycles. The zero-order valence-corrected chi connectivity index (χ0v) is 8.24. The molecular formula is C9H16FN3O. The van der Waals surface area contributed by atoms with Crippen molar-refractivity contribution in [3.05, 3.63) is 11.9 Å². The molecule has 0 aromatic carbocycles. The molecule has 0 bridgehead atoms. The highest BCUT2D eigenvalue weighted by molar-refractivity contribution is 5.97. The van der Waals surface area contributed by atoms with Crippen molar-refractivity contribution in [1.29, 1.82) is 0 Å². The first kappa shape index (κ1) is 11.0. The largest absolute Gasteiger partial charge is 0.403 e. The first-order chi connectivity index (χ1) is 6.65. The van der Waals surface area contributed by atoms with Crippen LogP contribution >= 0.6 is 0 Å². The average Bonchev–Trinajstić information content (AvgIpc) is 2.20. The molecule has 4 nitrogen and oxygen atoms in total. The highest BCUT2D eigenvalue weighted by Crippen LogP contribution is 2.15. The van der Waals surface area contributed by atoms with Crippen LogP contribution in [0, 0.1) is 0 Å². The van der Waals surface area contributed by atoms with E-state index >= 15 is 0 Å². The summed E-state index contributed by atoms with van der Waals surface area (Å²) in [4.78, 5) is 4.18.